The number of alkyl halides is 3. The van der Waals surface area contributed by atoms with Crippen LogP contribution in [-0.4, -0.2) is 93.9 Å². The maximum atomic E-state index is 14.6. The summed E-state index contributed by atoms with van der Waals surface area (Å²) in [7, 11) is 1.24. The van der Waals surface area contributed by atoms with Gasteiger partial charge in [0.1, 0.15) is 17.7 Å². The second-order valence-corrected chi connectivity index (χ2v) is 17.5. The number of aromatic nitrogens is 3. The van der Waals surface area contributed by atoms with E-state index in [0.29, 0.717) is 55.5 Å². The summed E-state index contributed by atoms with van der Waals surface area (Å²) >= 11 is 6.54. The van der Waals surface area contributed by atoms with Gasteiger partial charge in [0, 0.05) is 44.3 Å². The van der Waals surface area contributed by atoms with Crippen LogP contribution in [0.25, 0.3) is 22.4 Å². The van der Waals surface area contributed by atoms with Gasteiger partial charge in [-0.1, -0.05) is 63.6 Å². The molecule has 1 aliphatic carbocycles. The number of methoxy groups -OCH3 is 1. The summed E-state index contributed by atoms with van der Waals surface area (Å²) < 4.78 is 48.5. The molecule has 3 aliphatic rings. The number of amides is 4. The quantitative estimate of drug-likeness (QED) is 0.144. The molecule has 324 valence electrons. The van der Waals surface area contributed by atoms with Gasteiger partial charge in [-0.25, -0.2) is 14.8 Å². The van der Waals surface area contributed by atoms with Gasteiger partial charge in [0.2, 0.25) is 11.8 Å². The van der Waals surface area contributed by atoms with Crippen LogP contribution in [0.2, 0.25) is 5.02 Å². The van der Waals surface area contributed by atoms with Crippen molar-refractivity contribution < 1.29 is 37.1 Å². The largest absolute Gasteiger partial charge is 0.453 e. The molecule has 2 aromatic heterocycles. The number of nitrogens with one attached hydrogen (secondary N) is 3. The lowest BCUT2D eigenvalue weighted by Crippen LogP contribution is -2.54. The predicted octanol–water partition coefficient (Wildman–Crippen LogP) is 8.19. The van der Waals surface area contributed by atoms with Crippen molar-refractivity contribution in [2.75, 3.05) is 43.5 Å². The third-order valence-electron chi connectivity index (χ3n) is 12.1. The zero-order valence-electron chi connectivity index (χ0n) is 34.9. The molecule has 4 heterocycles. The molecule has 2 aliphatic heterocycles. The number of hydrogen-bond acceptors (Lipinski definition) is 8. The van der Waals surface area contributed by atoms with E-state index in [0.717, 1.165) is 18.9 Å². The third-order valence-corrected chi connectivity index (χ3v) is 12.4. The average molecular weight is 863 g/mol. The van der Waals surface area contributed by atoms with Crippen LogP contribution in [0.1, 0.15) is 81.7 Å². The zero-order chi connectivity index (χ0) is 44.0. The summed E-state index contributed by atoms with van der Waals surface area (Å²) in [6.45, 7) is 12.1. The summed E-state index contributed by atoms with van der Waals surface area (Å²) in [4.78, 5) is 69.7. The zero-order valence-corrected chi connectivity index (χ0v) is 35.7. The highest BCUT2D eigenvalue weighted by atomic mass is 35.5. The SMILES string of the molecule is COC(=O)N[C@H](C(=O)N1CCC[C@H]1c1ncc(-c2ccc(-c3cc(Cl)c(NC(=O)c4ccc(N5CCN(C(=O)[C@H]6CC6(C)C)C[C@H]5C)nc4)cc3C(F)(F)F)cc2)[nH]1)C(C)C. The number of alkyl carbamates (subject to hydrolysis) is 1. The highest BCUT2D eigenvalue weighted by Crippen LogP contribution is 2.52. The normalized spacial score (nSPS) is 20.4. The van der Waals surface area contributed by atoms with E-state index in [2.05, 4.69) is 44.3 Å². The molecule has 2 saturated heterocycles. The molecule has 0 bridgehead atoms. The summed E-state index contributed by atoms with van der Waals surface area (Å²) in [6, 6.07) is 10.5. The molecule has 13 nitrogen and oxygen atoms in total. The number of ether oxygens (including phenoxy) is 1. The molecule has 0 radical (unpaired) electrons. The fourth-order valence-corrected chi connectivity index (χ4v) is 8.52. The van der Waals surface area contributed by atoms with Crippen LogP contribution >= 0.6 is 11.6 Å². The number of rotatable bonds is 10. The highest BCUT2D eigenvalue weighted by molar-refractivity contribution is 6.34. The first-order valence-corrected chi connectivity index (χ1v) is 20.8. The van der Waals surface area contributed by atoms with Crippen molar-refractivity contribution in [2.45, 2.75) is 78.2 Å². The van der Waals surface area contributed by atoms with E-state index < -0.39 is 29.8 Å². The van der Waals surface area contributed by atoms with Crippen molar-refractivity contribution in [1.29, 1.82) is 0 Å². The predicted molar refractivity (Wildman–Crippen MR) is 225 cm³/mol. The Morgan fingerprint density at radius 2 is 1.69 bits per heavy atom. The number of imidazole rings is 1. The number of aromatic amines is 1. The molecule has 1 saturated carbocycles. The Hall–Kier alpha value is -5.64. The fraction of sp³-hybridized carbons (Fsp3) is 0.455. The summed E-state index contributed by atoms with van der Waals surface area (Å²) in [6.07, 6.45) is -0.210. The minimum absolute atomic E-state index is 0.00568. The molecule has 3 fully saturated rings. The van der Waals surface area contributed by atoms with E-state index in [1.807, 2.05) is 25.7 Å². The molecule has 0 spiro atoms. The number of H-pyrrole nitrogens is 1. The topological polar surface area (TPSA) is 153 Å². The maximum Gasteiger partial charge on any atom is 0.417 e. The molecule has 3 N–H and O–H groups in total. The van der Waals surface area contributed by atoms with Crippen LogP contribution in [0.15, 0.2) is 60.9 Å². The van der Waals surface area contributed by atoms with Crippen molar-refractivity contribution in [3.05, 3.63) is 82.9 Å². The molecule has 4 aromatic rings. The summed E-state index contributed by atoms with van der Waals surface area (Å²) in [5.74, 6) is 0.317. The molecule has 4 atom stereocenters. The van der Waals surface area contributed by atoms with Gasteiger partial charge in [-0.3, -0.25) is 14.4 Å². The first kappa shape index (κ1) is 43.4. The van der Waals surface area contributed by atoms with Crippen LogP contribution < -0.4 is 15.5 Å². The minimum Gasteiger partial charge on any atom is -0.453 e. The van der Waals surface area contributed by atoms with Crippen LogP contribution in [0.3, 0.4) is 0 Å². The third kappa shape index (κ3) is 9.19. The van der Waals surface area contributed by atoms with Gasteiger partial charge >= 0.3 is 12.3 Å². The number of anilines is 2. The van der Waals surface area contributed by atoms with Crippen molar-refractivity contribution in [3.63, 3.8) is 0 Å². The van der Waals surface area contributed by atoms with Crippen LogP contribution in [0.4, 0.5) is 29.5 Å². The number of carbonyl (C=O) groups excluding carboxylic acids is 4. The molecule has 0 unspecified atom stereocenters. The first-order chi connectivity index (χ1) is 28.9. The Morgan fingerprint density at radius 3 is 2.30 bits per heavy atom. The molecule has 61 heavy (non-hydrogen) atoms. The number of pyridine rings is 1. The number of hydrogen-bond donors (Lipinski definition) is 3. The van der Waals surface area contributed by atoms with Gasteiger partial charge in [-0.2, -0.15) is 13.2 Å². The number of halogens is 4. The lowest BCUT2D eigenvalue weighted by Gasteiger charge is -2.40. The van der Waals surface area contributed by atoms with E-state index in [1.165, 1.54) is 19.4 Å². The van der Waals surface area contributed by atoms with Crippen LogP contribution in [0, 0.1) is 17.3 Å². The van der Waals surface area contributed by atoms with E-state index in [9.17, 15) is 32.3 Å². The van der Waals surface area contributed by atoms with Crippen molar-refractivity contribution in [1.82, 2.24) is 30.1 Å². The smallest absolute Gasteiger partial charge is 0.417 e. The highest BCUT2D eigenvalue weighted by Gasteiger charge is 2.52. The Kier molecular flexibility index (Phi) is 12.1. The number of piperazine rings is 1. The van der Waals surface area contributed by atoms with Gasteiger partial charge in [-0.05, 0) is 78.5 Å². The maximum absolute atomic E-state index is 14.6. The molecular weight excluding hydrogens is 813 g/mol. The Bertz CT molecular complexity index is 2300. The van der Waals surface area contributed by atoms with Gasteiger partial charge in [0.25, 0.3) is 5.91 Å². The molecule has 17 heteroatoms. The second kappa shape index (κ2) is 17.0. The van der Waals surface area contributed by atoms with E-state index in [1.54, 1.807) is 47.5 Å². The molecule has 2 aromatic carbocycles. The van der Waals surface area contributed by atoms with Gasteiger partial charge < -0.3 is 35.1 Å². The van der Waals surface area contributed by atoms with Crippen molar-refractivity contribution in [3.8, 4) is 22.4 Å². The van der Waals surface area contributed by atoms with Crippen molar-refractivity contribution in [2.24, 2.45) is 17.3 Å². The fourth-order valence-electron chi connectivity index (χ4n) is 8.31. The lowest BCUT2D eigenvalue weighted by molar-refractivity contribution is -0.137. The van der Waals surface area contributed by atoms with Crippen LogP contribution in [-0.2, 0) is 20.5 Å². The standard InChI is InChI=1S/C44H50ClF3N8O5/c1-24(2)37(53-42(60)61-6)41(59)56-15-7-8-35(56)38-50-22-34(51-38)27-11-9-26(10-12-27)29-18-32(45)33(19-30(29)44(46,47)48)52-39(57)28-13-14-36(49-21-28)55-17-16-54(23-25(55)3)40(58)31-20-43(31,4)5/h9-14,18-19,21-22,24-25,31,35,37H,7-8,15-17,20,23H2,1-6H3,(H,50,51)(H,52,57)(H,53,60)/t25-,31-,35+,37+/m1/s1. The number of nitrogens with zero attached hydrogens (tertiary/aromatic N) is 5. The van der Waals surface area contributed by atoms with E-state index in [4.69, 9.17) is 16.3 Å². The minimum atomic E-state index is -4.79. The Labute approximate surface area is 357 Å². The first-order valence-electron chi connectivity index (χ1n) is 20.4. The number of likely N-dealkylation sites (tertiary alicyclic amines) is 1. The van der Waals surface area contributed by atoms with Gasteiger partial charge in [0.05, 0.1) is 46.9 Å². The van der Waals surface area contributed by atoms with Gasteiger partial charge in [-0.15, -0.1) is 0 Å². The van der Waals surface area contributed by atoms with E-state index in [-0.39, 0.29) is 68.5 Å². The lowest BCUT2D eigenvalue weighted by atomic mass is 9.97. The second-order valence-electron chi connectivity index (χ2n) is 17.1. The van der Waals surface area contributed by atoms with Crippen molar-refractivity contribution >= 4 is 46.9 Å². The Morgan fingerprint density at radius 1 is 0.984 bits per heavy atom. The Balaban J connectivity index is 1.02. The summed E-state index contributed by atoms with van der Waals surface area (Å²) in [5.41, 5.74) is 0.323. The monoisotopic (exact) mass is 862 g/mol. The molecule has 7 rings (SSSR count). The molecule has 4 amide bonds. The number of carbonyl (C=O) groups is 4. The number of benzene rings is 2. The molecular formula is C44H50ClF3N8O5. The van der Waals surface area contributed by atoms with E-state index >= 15 is 0 Å². The average Bonchev–Trinajstić information content (AvgIpc) is 3.56. The van der Waals surface area contributed by atoms with Gasteiger partial charge in [0.15, 0.2) is 0 Å². The summed E-state index contributed by atoms with van der Waals surface area (Å²) in [5, 5.41) is 5.07. The van der Waals surface area contributed by atoms with Crippen LogP contribution in [0.5, 0.6) is 0 Å².